The van der Waals surface area contributed by atoms with Crippen LogP contribution in [0.4, 0.5) is 0 Å². The molecule has 1 saturated heterocycles. The second-order valence-electron chi connectivity index (χ2n) is 5.22. The summed E-state index contributed by atoms with van der Waals surface area (Å²) in [7, 11) is 3.87. The van der Waals surface area contributed by atoms with E-state index in [0.717, 1.165) is 6.54 Å². The summed E-state index contributed by atoms with van der Waals surface area (Å²) in [5.74, 6) is -0.353. The molecule has 0 bridgehead atoms. The van der Waals surface area contributed by atoms with Crippen LogP contribution < -0.4 is 5.32 Å². The number of carbonyl (C=O) groups excluding carboxylic acids is 2. The summed E-state index contributed by atoms with van der Waals surface area (Å²) in [5, 5.41) is 12.3. The van der Waals surface area contributed by atoms with Crippen LogP contribution in [0, 0.1) is 0 Å². The fourth-order valence-corrected chi connectivity index (χ4v) is 2.37. The Morgan fingerprint density at radius 2 is 2.11 bits per heavy atom. The van der Waals surface area contributed by atoms with Gasteiger partial charge in [0.1, 0.15) is 6.04 Å². The number of hydrogen-bond acceptors (Lipinski definition) is 4. The molecule has 3 atom stereocenters. The summed E-state index contributed by atoms with van der Waals surface area (Å²) >= 11 is 0. The second kappa shape index (κ2) is 6.15. The first-order valence-corrected chi connectivity index (χ1v) is 6.21. The first-order valence-electron chi connectivity index (χ1n) is 6.21. The molecule has 0 aromatic heterocycles. The van der Waals surface area contributed by atoms with E-state index in [0.29, 0.717) is 13.0 Å². The van der Waals surface area contributed by atoms with Gasteiger partial charge in [-0.2, -0.15) is 0 Å². The minimum absolute atomic E-state index is 0.0127. The van der Waals surface area contributed by atoms with Crippen LogP contribution in [0.3, 0.4) is 0 Å². The van der Waals surface area contributed by atoms with Crippen molar-refractivity contribution in [3.8, 4) is 0 Å². The topological polar surface area (TPSA) is 72.9 Å². The molecule has 6 heteroatoms. The Morgan fingerprint density at radius 3 is 2.61 bits per heavy atom. The quantitative estimate of drug-likeness (QED) is 0.680. The summed E-state index contributed by atoms with van der Waals surface area (Å²) in [6.07, 6.45) is 0.125. The Labute approximate surface area is 108 Å². The van der Waals surface area contributed by atoms with E-state index in [1.807, 2.05) is 19.0 Å². The highest BCUT2D eigenvalue weighted by atomic mass is 16.3. The normalized spacial score (nSPS) is 25.3. The van der Waals surface area contributed by atoms with E-state index in [9.17, 15) is 14.7 Å². The Bertz CT molecular complexity index is 320. The van der Waals surface area contributed by atoms with E-state index < -0.39 is 12.1 Å². The lowest BCUT2D eigenvalue weighted by Gasteiger charge is -2.29. The molecule has 3 unspecified atom stereocenters. The molecular formula is C12H23N3O3. The zero-order chi connectivity index (χ0) is 13.9. The highest BCUT2D eigenvalue weighted by molar-refractivity contribution is 5.86. The molecule has 1 rings (SSSR count). The van der Waals surface area contributed by atoms with E-state index in [-0.39, 0.29) is 17.9 Å². The number of amides is 2. The summed E-state index contributed by atoms with van der Waals surface area (Å²) in [6.45, 7) is 4.12. The third kappa shape index (κ3) is 3.96. The summed E-state index contributed by atoms with van der Waals surface area (Å²) < 4.78 is 0. The van der Waals surface area contributed by atoms with Gasteiger partial charge in [0, 0.05) is 26.1 Å². The molecule has 2 N–H and O–H groups in total. The van der Waals surface area contributed by atoms with Gasteiger partial charge in [-0.05, 0) is 27.4 Å². The Morgan fingerprint density at radius 1 is 1.50 bits per heavy atom. The monoisotopic (exact) mass is 257 g/mol. The van der Waals surface area contributed by atoms with Crippen molar-refractivity contribution in [3.63, 3.8) is 0 Å². The van der Waals surface area contributed by atoms with Gasteiger partial charge < -0.3 is 20.2 Å². The number of aliphatic hydroxyl groups is 1. The fourth-order valence-electron chi connectivity index (χ4n) is 2.37. The summed E-state index contributed by atoms with van der Waals surface area (Å²) in [4.78, 5) is 26.8. The van der Waals surface area contributed by atoms with Crippen LogP contribution >= 0.6 is 0 Å². The largest absolute Gasteiger partial charge is 0.391 e. The van der Waals surface area contributed by atoms with Crippen molar-refractivity contribution >= 4 is 11.8 Å². The van der Waals surface area contributed by atoms with Gasteiger partial charge in [-0.1, -0.05) is 0 Å². The highest BCUT2D eigenvalue weighted by Gasteiger charge is 2.36. The molecule has 0 aromatic rings. The molecule has 104 valence electrons. The van der Waals surface area contributed by atoms with Gasteiger partial charge >= 0.3 is 0 Å². The first-order chi connectivity index (χ1) is 8.31. The van der Waals surface area contributed by atoms with E-state index >= 15 is 0 Å². The number of nitrogens with one attached hydrogen (secondary N) is 1. The average Bonchev–Trinajstić information content (AvgIpc) is 2.56. The third-order valence-corrected chi connectivity index (χ3v) is 3.04. The van der Waals surface area contributed by atoms with Crippen LogP contribution in [0.2, 0.25) is 0 Å². The van der Waals surface area contributed by atoms with Crippen LogP contribution in [-0.2, 0) is 9.59 Å². The van der Waals surface area contributed by atoms with E-state index in [4.69, 9.17) is 0 Å². The highest BCUT2D eigenvalue weighted by Crippen LogP contribution is 2.19. The third-order valence-electron chi connectivity index (χ3n) is 3.04. The van der Waals surface area contributed by atoms with Crippen molar-refractivity contribution in [2.45, 2.75) is 38.5 Å². The number of aliphatic hydroxyl groups excluding tert-OH is 1. The molecule has 0 radical (unpaired) electrons. The molecule has 1 aliphatic rings. The molecule has 1 fully saturated rings. The van der Waals surface area contributed by atoms with Crippen molar-refractivity contribution in [2.75, 3.05) is 27.2 Å². The molecule has 2 amide bonds. The second-order valence-corrected chi connectivity index (χ2v) is 5.22. The van der Waals surface area contributed by atoms with Gasteiger partial charge in [0.2, 0.25) is 11.8 Å². The van der Waals surface area contributed by atoms with E-state index in [1.165, 1.54) is 6.92 Å². The summed E-state index contributed by atoms with van der Waals surface area (Å²) in [5.41, 5.74) is 0. The maximum Gasteiger partial charge on any atom is 0.245 e. The number of rotatable bonds is 4. The molecule has 18 heavy (non-hydrogen) atoms. The maximum atomic E-state index is 12.2. The van der Waals surface area contributed by atoms with E-state index in [1.54, 1.807) is 11.8 Å². The number of likely N-dealkylation sites (tertiary alicyclic amines) is 1. The smallest absolute Gasteiger partial charge is 0.245 e. The van der Waals surface area contributed by atoms with Crippen molar-refractivity contribution < 1.29 is 14.7 Å². The lowest BCUT2D eigenvalue weighted by atomic mass is 10.2. The van der Waals surface area contributed by atoms with Crippen LogP contribution in [-0.4, -0.2) is 72.1 Å². The minimum atomic E-state index is -0.544. The minimum Gasteiger partial charge on any atom is -0.391 e. The number of likely N-dealkylation sites (N-methyl/N-ethyl adjacent to an activating group) is 1. The molecule has 0 spiro atoms. The lowest BCUT2D eigenvalue weighted by Crippen LogP contribution is -2.50. The van der Waals surface area contributed by atoms with Gasteiger partial charge in [-0.3, -0.25) is 9.59 Å². The van der Waals surface area contributed by atoms with Gasteiger partial charge in [0.15, 0.2) is 0 Å². The van der Waals surface area contributed by atoms with Crippen molar-refractivity contribution in [2.24, 2.45) is 0 Å². The Balaban J connectivity index is 2.66. The number of hydrogen-bond donors (Lipinski definition) is 2. The average molecular weight is 257 g/mol. The van der Waals surface area contributed by atoms with E-state index in [2.05, 4.69) is 5.32 Å². The maximum absolute atomic E-state index is 12.2. The van der Waals surface area contributed by atoms with Crippen LogP contribution in [0.25, 0.3) is 0 Å². The van der Waals surface area contributed by atoms with Crippen LogP contribution in [0.5, 0.6) is 0 Å². The van der Waals surface area contributed by atoms with Crippen LogP contribution in [0.15, 0.2) is 0 Å². The standard InChI is InChI=1S/C12H23N3O3/c1-8(13-9(2)16)12(18)15-7-11(17)5-10(15)6-14(3)4/h8,10-11,17H,5-7H2,1-4H3,(H,13,16). The summed E-state index contributed by atoms with van der Waals surface area (Å²) in [6, 6.07) is -0.531. The molecule has 0 aliphatic carbocycles. The first kappa shape index (κ1) is 14.9. The molecule has 1 aliphatic heterocycles. The van der Waals surface area contributed by atoms with Gasteiger partial charge in [0.05, 0.1) is 6.10 Å². The number of carbonyl (C=O) groups is 2. The lowest BCUT2D eigenvalue weighted by molar-refractivity contribution is -0.136. The molecule has 6 nitrogen and oxygen atoms in total. The van der Waals surface area contributed by atoms with Crippen molar-refractivity contribution in [1.82, 2.24) is 15.1 Å². The molecule has 0 aromatic carbocycles. The van der Waals surface area contributed by atoms with Crippen LogP contribution in [0.1, 0.15) is 20.3 Å². The molecular weight excluding hydrogens is 234 g/mol. The fraction of sp³-hybridized carbons (Fsp3) is 0.833. The molecule has 1 heterocycles. The Hall–Kier alpha value is -1.14. The predicted octanol–water partition coefficient (Wildman–Crippen LogP) is -0.966. The predicted molar refractivity (Wildman–Crippen MR) is 68.0 cm³/mol. The SMILES string of the molecule is CC(=O)NC(C)C(=O)N1CC(O)CC1CN(C)C. The number of nitrogens with zero attached hydrogens (tertiary/aromatic N) is 2. The van der Waals surface area contributed by atoms with Crippen molar-refractivity contribution in [3.05, 3.63) is 0 Å². The van der Waals surface area contributed by atoms with Gasteiger partial charge in [-0.25, -0.2) is 0 Å². The van der Waals surface area contributed by atoms with Crippen molar-refractivity contribution in [1.29, 1.82) is 0 Å². The van der Waals surface area contributed by atoms with Gasteiger partial charge in [-0.15, -0.1) is 0 Å². The number of β-amino-alcohol motifs (C(OH)–C–C–N with tert-alkyl or cyclic N) is 1. The zero-order valence-corrected chi connectivity index (χ0v) is 11.5. The Kier molecular flexibility index (Phi) is 5.10. The molecule has 0 saturated carbocycles. The van der Waals surface area contributed by atoms with Gasteiger partial charge in [0.25, 0.3) is 0 Å². The zero-order valence-electron chi connectivity index (χ0n) is 11.5.